The number of benzene rings is 2. The maximum Gasteiger partial charge on any atom is 2.00 e. The van der Waals surface area contributed by atoms with Crippen LogP contribution in [0.2, 0.25) is 0 Å². The van der Waals surface area contributed by atoms with E-state index in [0.717, 1.165) is 54.9 Å². The van der Waals surface area contributed by atoms with Crippen molar-refractivity contribution in [3.05, 3.63) is 59.7 Å². The molecule has 0 fully saturated rings. The van der Waals surface area contributed by atoms with Crippen LogP contribution in [0, 0.1) is 11.8 Å². The molecule has 0 aliphatic rings. The molecule has 0 radical (unpaired) electrons. The van der Waals surface area contributed by atoms with E-state index in [1.807, 2.05) is 0 Å². The van der Waals surface area contributed by atoms with Crippen molar-refractivity contribution in [2.24, 2.45) is 9.98 Å². The molecule has 0 unspecified atom stereocenters. The molecule has 0 heterocycles. The number of rotatable bonds is 71. The molecule has 3 heteroatoms. The Hall–Kier alpha value is -2.17. The Morgan fingerprint density at radius 1 is 0.239 bits per heavy atom. The third-order valence-electron chi connectivity index (χ3n) is 20.2. The van der Waals surface area contributed by atoms with E-state index >= 15 is 0 Å². The summed E-state index contributed by atoms with van der Waals surface area (Å²) in [6.45, 7) is 9.23. The third-order valence-corrected chi connectivity index (χ3v) is 20.2. The molecule has 0 atom stereocenters. The molecule has 0 amide bonds. The minimum atomic E-state index is 0. The van der Waals surface area contributed by atoms with Gasteiger partial charge in [-0.25, -0.2) is 4.99 Å². The fourth-order valence-corrected chi connectivity index (χ4v) is 13.8. The summed E-state index contributed by atoms with van der Waals surface area (Å²) in [6.07, 6.45) is 96.2. The quantitative estimate of drug-likeness (QED) is 0.0273. The molecular weight excluding hydrogens is 1160 g/mol. The molecule has 0 N–H and O–H groups in total. The number of hydrogen-bond donors (Lipinski definition) is 0. The van der Waals surface area contributed by atoms with Crippen molar-refractivity contribution in [1.82, 2.24) is 0 Å². The summed E-state index contributed by atoms with van der Waals surface area (Å²) in [5, 5.41) is 0. The second-order valence-electron chi connectivity index (χ2n) is 29.2. The Kier molecular flexibility index (Phi) is 69.8. The van der Waals surface area contributed by atoms with Gasteiger partial charge in [-0.2, -0.15) is 0 Å². The normalized spacial score (nSPS) is 11.8. The predicted molar refractivity (Wildman–Crippen MR) is 414 cm³/mol. The number of hydrogen-bond acceptors (Lipinski definition) is 2. The van der Waals surface area contributed by atoms with Gasteiger partial charge in [0, 0.05) is 6.42 Å². The van der Waals surface area contributed by atoms with Gasteiger partial charge in [-0.05, 0) is 86.3 Å². The molecule has 0 saturated heterocycles. The standard InChI is InChI=1S/C89H158N2.Ni/c1-5-9-13-16-19-22-25-28-31-34-37-40-41-44-47-50-53-56-59-62-65-68-71-75-89(91-87-82-78-85(79-83-87)73-70-67-64-61-58-55-52-49-46-43-39-36-33-30-27-24-21-18-15-11-7-3)88(74-12-8-4)90-86-80-76-84(77-81-86)72-69-66-63-60-57-54-51-48-45-42-38-35-32-29-26-23-20-17-14-10-6-2;/h76-83H,5-70,72-74H2,1-4H3;/q;+2/b90-88+,91-89+;. The topological polar surface area (TPSA) is 24.7 Å². The fourth-order valence-electron chi connectivity index (χ4n) is 13.8. The average Bonchev–Trinajstić information content (AvgIpc) is 1.89. The van der Waals surface area contributed by atoms with Crippen LogP contribution in [0.25, 0.3) is 0 Å². The number of nitrogens with zero attached hydrogens (tertiary/aromatic N) is 2. The molecule has 0 aliphatic carbocycles. The van der Waals surface area contributed by atoms with Crippen molar-refractivity contribution in [3.8, 4) is 11.8 Å². The second-order valence-corrected chi connectivity index (χ2v) is 29.2. The van der Waals surface area contributed by atoms with E-state index in [1.165, 1.54) is 422 Å². The van der Waals surface area contributed by atoms with E-state index in [9.17, 15) is 0 Å². The van der Waals surface area contributed by atoms with Crippen LogP contribution < -0.4 is 0 Å². The molecule has 0 saturated carbocycles. The van der Waals surface area contributed by atoms with Gasteiger partial charge in [0.1, 0.15) is 5.71 Å². The smallest absolute Gasteiger partial charge is 0.251 e. The molecular formula is C89H158N2Ni+2. The summed E-state index contributed by atoms with van der Waals surface area (Å²) in [5.41, 5.74) is 6.84. The SMILES string of the molecule is CCCCCCCCCCCCCCCCCCCCCCCC#CC(=N\c1ccc(CCCCCCCCCCCCCCCCCCCCCCC)cc1)/C(CCCC)=N/c1ccc(CCCCCCCCCCCCCCCCCCCCCCC)cc1.[Ni+2]. The van der Waals surface area contributed by atoms with Crippen LogP contribution in [0.3, 0.4) is 0 Å². The van der Waals surface area contributed by atoms with Crippen molar-refractivity contribution < 1.29 is 16.5 Å². The zero-order chi connectivity index (χ0) is 64.7. The number of aliphatic imine (C=N–C) groups is 2. The van der Waals surface area contributed by atoms with Crippen molar-refractivity contribution in [1.29, 1.82) is 0 Å². The Morgan fingerprint density at radius 2 is 0.446 bits per heavy atom. The summed E-state index contributed by atoms with van der Waals surface area (Å²) in [4.78, 5) is 10.7. The molecule has 2 nitrogen and oxygen atoms in total. The molecule has 0 bridgehead atoms. The van der Waals surface area contributed by atoms with Crippen LogP contribution in [-0.2, 0) is 29.3 Å². The van der Waals surface area contributed by atoms with Crippen molar-refractivity contribution in [2.45, 2.75) is 471 Å². The van der Waals surface area contributed by atoms with Crippen LogP contribution >= 0.6 is 0 Å². The van der Waals surface area contributed by atoms with E-state index < -0.39 is 0 Å². The summed E-state index contributed by atoms with van der Waals surface area (Å²) >= 11 is 0. The van der Waals surface area contributed by atoms with Gasteiger partial charge in [-0.1, -0.05) is 450 Å². The van der Waals surface area contributed by atoms with Crippen LogP contribution in [0.4, 0.5) is 11.4 Å². The number of aryl methyl sites for hydroxylation is 2. The fraction of sp³-hybridized carbons (Fsp3) is 0.820. The Bertz CT molecular complexity index is 1880. The van der Waals surface area contributed by atoms with Crippen molar-refractivity contribution in [3.63, 3.8) is 0 Å². The van der Waals surface area contributed by atoms with Crippen LogP contribution in [-0.4, -0.2) is 11.4 Å². The second kappa shape index (κ2) is 73.1. The first-order valence-corrected chi connectivity index (χ1v) is 42.0. The zero-order valence-corrected chi connectivity index (χ0v) is 63.6. The molecule has 0 spiro atoms. The summed E-state index contributed by atoms with van der Waals surface area (Å²) in [6, 6.07) is 18.3. The van der Waals surface area contributed by atoms with E-state index in [0.29, 0.717) is 0 Å². The predicted octanol–water partition coefficient (Wildman–Crippen LogP) is 31.8. The minimum absolute atomic E-state index is 0. The average molecular weight is 1310 g/mol. The molecule has 2 aromatic rings. The third kappa shape index (κ3) is 60.3. The maximum absolute atomic E-state index is 5.35. The van der Waals surface area contributed by atoms with Crippen molar-refractivity contribution in [2.75, 3.05) is 0 Å². The molecule has 0 aromatic heterocycles. The van der Waals surface area contributed by atoms with E-state index in [1.54, 1.807) is 0 Å². The van der Waals surface area contributed by atoms with Gasteiger partial charge >= 0.3 is 16.5 Å². The van der Waals surface area contributed by atoms with Gasteiger partial charge in [-0.3, -0.25) is 4.99 Å². The first-order chi connectivity index (χ1) is 45.2. The first kappa shape index (κ1) is 87.8. The summed E-state index contributed by atoms with van der Waals surface area (Å²) < 4.78 is 0. The maximum atomic E-state index is 5.35. The van der Waals surface area contributed by atoms with E-state index in [4.69, 9.17) is 9.98 Å². The van der Waals surface area contributed by atoms with Gasteiger partial charge in [0.25, 0.3) is 0 Å². The van der Waals surface area contributed by atoms with Gasteiger partial charge in [-0.15, -0.1) is 0 Å². The van der Waals surface area contributed by atoms with Gasteiger partial charge < -0.3 is 0 Å². The monoisotopic (exact) mass is 1310 g/mol. The van der Waals surface area contributed by atoms with Gasteiger partial charge in [0.2, 0.25) is 0 Å². The molecule has 92 heavy (non-hydrogen) atoms. The Labute approximate surface area is 587 Å². The van der Waals surface area contributed by atoms with Crippen LogP contribution in [0.15, 0.2) is 58.5 Å². The Balaban J connectivity index is 0.0000423. The molecule has 2 rings (SSSR count). The van der Waals surface area contributed by atoms with E-state index in [-0.39, 0.29) is 16.5 Å². The van der Waals surface area contributed by atoms with Crippen LogP contribution in [0.1, 0.15) is 469 Å². The molecule has 0 aliphatic heterocycles. The summed E-state index contributed by atoms with van der Waals surface area (Å²) in [5.74, 6) is 7.24. The van der Waals surface area contributed by atoms with Crippen LogP contribution in [0.5, 0.6) is 0 Å². The van der Waals surface area contributed by atoms with Gasteiger partial charge in [0.05, 0.1) is 17.1 Å². The first-order valence-electron chi connectivity index (χ1n) is 42.0. The van der Waals surface area contributed by atoms with Crippen molar-refractivity contribution >= 4 is 22.8 Å². The number of unbranched alkanes of at least 4 members (excludes halogenated alkanes) is 62. The molecule has 532 valence electrons. The Morgan fingerprint density at radius 3 is 0.685 bits per heavy atom. The van der Waals surface area contributed by atoms with E-state index in [2.05, 4.69) is 88.1 Å². The van der Waals surface area contributed by atoms with Gasteiger partial charge in [0.15, 0.2) is 0 Å². The summed E-state index contributed by atoms with van der Waals surface area (Å²) in [7, 11) is 0. The largest absolute Gasteiger partial charge is 2.00 e. The zero-order valence-electron chi connectivity index (χ0n) is 62.6. The molecule has 2 aromatic carbocycles. The minimum Gasteiger partial charge on any atom is -0.251 e.